The molecule has 1 aliphatic heterocycles. The summed E-state index contributed by atoms with van der Waals surface area (Å²) in [6.07, 6.45) is 3.64. The zero-order chi connectivity index (χ0) is 14.3. The van der Waals surface area contributed by atoms with Crippen LogP contribution in [-0.2, 0) is 0 Å². The number of rotatable bonds is 1. The Hall–Kier alpha value is -1.22. The summed E-state index contributed by atoms with van der Waals surface area (Å²) >= 11 is 0. The summed E-state index contributed by atoms with van der Waals surface area (Å²) in [6, 6.07) is 5.73. The summed E-state index contributed by atoms with van der Waals surface area (Å²) in [5.41, 5.74) is 0.675. The Morgan fingerprint density at radius 1 is 1.35 bits per heavy atom. The average Bonchev–Trinajstić information content (AvgIpc) is 2.43. The normalized spacial score (nSPS) is 36.3. The van der Waals surface area contributed by atoms with E-state index in [-0.39, 0.29) is 5.60 Å². The van der Waals surface area contributed by atoms with E-state index in [0.717, 1.165) is 29.4 Å². The van der Waals surface area contributed by atoms with Crippen LogP contribution in [0.1, 0.15) is 51.2 Å². The van der Waals surface area contributed by atoms with Crippen LogP contribution in [0, 0.1) is 11.8 Å². The van der Waals surface area contributed by atoms with Gasteiger partial charge in [-0.3, -0.25) is 0 Å². The van der Waals surface area contributed by atoms with Gasteiger partial charge in [0.25, 0.3) is 0 Å². The van der Waals surface area contributed by atoms with Crippen molar-refractivity contribution in [2.75, 3.05) is 7.11 Å². The van der Waals surface area contributed by atoms with E-state index in [1.54, 1.807) is 7.11 Å². The summed E-state index contributed by atoms with van der Waals surface area (Å²) < 4.78 is 11.6. The average molecular weight is 276 g/mol. The van der Waals surface area contributed by atoms with E-state index in [1.807, 2.05) is 18.2 Å². The second-order valence-electron chi connectivity index (χ2n) is 6.57. The highest BCUT2D eigenvalue weighted by Gasteiger charge is 2.47. The van der Waals surface area contributed by atoms with Crippen LogP contribution in [0.2, 0.25) is 0 Å². The molecule has 0 aromatic heterocycles. The molecule has 3 nitrogen and oxygen atoms in total. The molecule has 0 radical (unpaired) electrons. The first kappa shape index (κ1) is 13.7. The van der Waals surface area contributed by atoms with E-state index in [1.165, 1.54) is 12.8 Å². The molecular formula is C17H24O3. The largest absolute Gasteiger partial charge is 0.497 e. The molecule has 3 rings (SSSR count). The molecule has 3 unspecified atom stereocenters. The fourth-order valence-electron chi connectivity index (χ4n) is 3.83. The third-order valence-corrected chi connectivity index (χ3v) is 5.14. The van der Waals surface area contributed by atoms with Crippen molar-refractivity contribution in [3.05, 3.63) is 23.8 Å². The number of benzene rings is 1. The summed E-state index contributed by atoms with van der Waals surface area (Å²) in [4.78, 5) is 0. The van der Waals surface area contributed by atoms with Crippen LogP contribution in [0.4, 0.5) is 0 Å². The topological polar surface area (TPSA) is 38.7 Å². The number of aliphatic hydroxyl groups excluding tert-OH is 1. The summed E-state index contributed by atoms with van der Waals surface area (Å²) in [5.74, 6) is 2.84. The van der Waals surface area contributed by atoms with Crippen molar-refractivity contribution in [3.63, 3.8) is 0 Å². The molecule has 0 saturated heterocycles. The Kier molecular flexibility index (Phi) is 3.41. The van der Waals surface area contributed by atoms with Crippen molar-refractivity contribution in [1.29, 1.82) is 0 Å². The molecule has 1 fully saturated rings. The predicted molar refractivity (Wildman–Crippen MR) is 78.1 cm³/mol. The second-order valence-corrected chi connectivity index (χ2v) is 6.57. The lowest BCUT2D eigenvalue weighted by atomic mass is 9.68. The Bertz CT molecular complexity index is 499. The lowest BCUT2D eigenvalue weighted by Crippen LogP contribution is -2.49. The molecule has 0 amide bonds. The van der Waals surface area contributed by atoms with Gasteiger partial charge in [0.2, 0.25) is 0 Å². The van der Waals surface area contributed by atoms with Crippen LogP contribution in [-0.4, -0.2) is 17.8 Å². The predicted octanol–water partition coefficient (Wildman–Crippen LogP) is 3.71. The minimum Gasteiger partial charge on any atom is -0.497 e. The highest BCUT2D eigenvalue weighted by molar-refractivity contribution is 5.43. The van der Waals surface area contributed by atoms with Crippen molar-refractivity contribution < 1.29 is 14.6 Å². The van der Waals surface area contributed by atoms with Crippen molar-refractivity contribution in [2.45, 2.75) is 51.2 Å². The standard InChI is InChI=1S/C17H24O3/c1-11-6-7-17(12(2)8-11)10-15(18)14-9-13(19-3)4-5-16(14)20-17/h4-5,9,11-12,15,18H,6-8,10H2,1-3H3/t11?,12?,15-,17?/m0/s1. The minimum absolute atomic E-state index is 0.187. The molecule has 1 aromatic carbocycles. The van der Waals surface area contributed by atoms with Gasteiger partial charge in [-0.2, -0.15) is 0 Å². The third-order valence-electron chi connectivity index (χ3n) is 5.14. The number of hydrogen-bond acceptors (Lipinski definition) is 3. The number of methoxy groups -OCH3 is 1. The van der Waals surface area contributed by atoms with Crippen molar-refractivity contribution in [3.8, 4) is 11.5 Å². The number of fused-ring (bicyclic) bond motifs is 1. The molecule has 1 aromatic rings. The third kappa shape index (κ3) is 2.18. The van der Waals surface area contributed by atoms with E-state index in [9.17, 15) is 5.11 Å². The monoisotopic (exact) mass is 276 g/mol. The molecule has 3 heteroatoms. The van der Waals surface area contributed by atoms with Gasteiger partial charge < -0.3 is 14.6 Å². The van der Waals surface area contributed by atoms with E-state index in [2.05, 4.69) is 13.8 Å². The van der Waals surface area contributed by atoms with Crippen LogP contribution in [0.3, 0.4) is 0 Å². The molecule has 1 aliphatic carbocycles. The first-order valence-corrected chi connectivity index (χ1v) is 7.59. The van der Waals surface area contributed by atoms with Gasteiger partial charge in [-0.05, 0) is 49.3 Å². The maximum Gasteiger partial charge on any atom is 0.126 e. The van der Waals surface area contributed by atoms with E-state index >= 15 is 0 Å². The Morgan fingerprint density at radius 2 is 2.15 bits per heavy atom. The summed E-state index contributed by atoms with van der Waals surface area (Å²) in [7, 11) is 1.64. The van der Waals surface area contributed by atoms with Gasteiger partial charge in [-0.25, -0.2) is 0 Å². The van der Waals surface area contributed by atoms with E-state index < -0.39 is 6.10 Å². The Balaban J connectivity index is 1.92. The number of aliphatic hydroxyl groups is 1. The second kappa shape index (κ2) is 4.96. The van der Waals surface area contributed by atoms with Gasteiger partial charge >= 0.3 is 0 Å². The highest BCUT2D eigenvalue weighted by atomic mass is 16.5. The van der Waals surface area contributed by atoms with Crippen LogP contribution < -0.4 is 9.47 Å². The van der Waals surface area contributed by atoms with Crippen molar-refractivity contribution >= 4 is 0 Å². The molecule has 2 aliphatic rings. The lowest BCUT2D eigenvalue weighted by molar-refractivity contribution is -0.0803. The molecule has 1 N–H and O–H groups in total. The Labute approximate surface area is 120 Å². The van der Waals surface area contributed by atoms with Crippen LogP contribution in [0.15, 0.2) is 18.2 Å². The van der Waals surface area contributed by atoms with Crippen molar-refractivity contribution in [1.82, 2.24) is 0 Å². The zero-order valence-electron chi connectivity index (χ0n) is 12.6. The maximum absolute atomic E-state index is 10.5. The smallest absolute Gasteiger partial charge is 0.126 e. The van der Waals surface area contributed by atoms with Gasteiger partial charge in [0.05, 0.1) is 13.2 Å². The first-order chi connectivity index (χ1) is 9.54. The summed E-state index contributed by atoms with van der Waals surface area (Å²) in [6.45, 7) is 4.57. The molecule has 1 heterocycles. The Morgan fingerprint density at radius 3 is 2.85 bits per heavy atom. The zero-order valence-corrected chi connectivity index (χ0v) is 12.6. The van der Waals surface area contributed by atoms with Crippen LogP contribution >= 0.6 is 0 Å². The van der Waals surface area contributed by atoms with Gasteiger partial charge in [0.1, 0.15) is 17.1 Å². The minimum atomic E-state index is -0.454. The summed E-state index contributed by atoms with van der Waals surface area (Å²) in [5, 5.41) is 10.5. The first-order valence-electron chi connectivity index (χ1n) is 7.59. The molecule has 110 valence electrons. The molecule has 1 spiro atoms. The van der Waals surface area contributed by atoms with Gasteiger partial charge in [-0.1, -0.05) is 13.8 Å². The van der Waals surface area contributed by atoms with E-state index in [0.29, 0.717) is 12.3 Å². The maximum atomic E-state index is 10.5. The fraction of sp³-hybridized carbons (Fsp3) is 0.647. The van der Waals surface area contributed by atoms with Crippen molar-refractivity contribution in [2.24, 2.45) is 11.8 Å². The van der Waals surface area contributed by atoms with Crippen LogP contribution in [0.5, 0.6) is 11.5 Å². The van der Waals surface area contributed by atoms with Crippen LogP contribution in [0.25, 0.3) is 0 Å². The van der Waals surface area contributed by atoms with Gasteiger partial charge in [0, 0.05) is 12.0 Å². The quantitative estimate of drug-likeness (QED) is 0.850. The van der Waals surface area contributed by atoms with Gasteiger partial charge in [0.15, 0.2) is 0 Å². The van der Waals surface area contributed by atoms with Gasteiger partial charge in [-0.15, -0.1) is 0 Å². The SMILES string of the molecule is COc1ccc2c(c1)[C@@H](O)CC1(CCC(C)CC1C)O2. The molecule has 4 atom stereocenters. The lowest BCUT2D eigenvalue weighted by Gasteiger charge is -2.48. The highest BCUT2D eigenvalue weighted by Crippen LogP contribution is 2.50. The molecule has 1 saturated carbocycles. The number of hydrogen-bond donors (Lipinski definition) is 1. The van der Waals surface area contributed by atoms with E-state index in [4.69, 9.17) is 9.47 Å². The fourth-order valence-corrected chi connectivity index (χ4v) is 3.83. The molecule has 20 heavy (non-hydrogen) atoms. The number of ether oxygens (including phenoxy) is 2. The molecular weight excluding hydrogens is 252 g/mol. The molecule has 0 bridgehead atoms.